The first-order valence-corrected chi connectivity index (χ1v) is 5.37. The van der Waals surface area contributed by atoms with Crippen molar-refractivity contribution in [1.29, 1.82) is 0 Å². The summed E-state index contributed by atoms with van der Waals surface area (Å²) < 4.78 is 0. The molecule has 0 N–H and O–H groups in total. The number of alkyl halides is 1. The lowest BCUT2D eigenvalue weighted by Crippen LogP contribution is -2.06. The van der Waals surface area contributed by atoms with Crippen molar-refractivity contribution in [2.24, 2.45) is 0 Å². The van der Waals surface area contributed by atoms with E-state index < -0.39 is 5.38 Å². The Balaban J connectivity index is 3.11. The molecule has 1 aromatic carbocycles. The van der Waals surface area contributed by atoms with Crippen LogP contribution in [0, 0.1) is 0 Å². The molecule has 0 aromatic heterocycles. The molecule has 0 fully saturated rings. The van der Waals surface area contributed by atoms with Gasteiger partial charge in [-0.3, -0.25) is 4.79 Å². The number of hydrogen-bond donors (Lipinski definition) is 0. The Kier molecular flexibility index (Phi) is 4.24. The number of carbonyl (C=O) groups excluding carboxylic acids is 1. The van der Waals surface area contributed by atoms with Crippen molar-refractivity contribution in [2.75, 3.05) is 0 Å². The largest absolute Gasteiger partial charge is 0.298 e. The standard InChI is InChI=1S/C10H9Cl3O/c1-2-8(14)10(13)9-6(11)4-3-5-7(9)12/h3-5,10H,2H2,1H3. The highest BCUT2D eigenvalue weighted by Crippen LogP contribution is 2.34. The van der Waals surface area contributed by atoms with Crippen LogP contribution in [0.15, 0.2) is 18.2 Å². The monoisotopic (exact) mass is 250 g/mol. The quantitative estimate of drug-likeness (QED) is 0.734. The molecule has 0 heterocycles. The maximum absolute atomic E-state index is 11.4. The minimum Gasteiger partial charge on any atom is -0.298 e. The fourth-order valence-electron chi connectivity index (χ4n) is 1.09. The lowest BCUT2D eigenvalue weighted by atomic mass is 10.1. The van der Waals surface area contributed by atoms with Crippen LogP contribution in [0.25, 0.3) is 0 Å². The average molecular weight is 252 g/mol. The van der Waals surface area contributed by atoms with Crippen LogP contribution in [0.3, 0.4) is 0 Å². The number of benzene rings is 1. The summed E-state index contributed by atoms with van der Waals surface area (Å²) in [7, 11) is 0. The lowest BCUT2D eigenvalue weighted by Gasteiger charge is -2.11. The Morgan fingerprint density at radius 3 is 2.29 bits per heavy atom. The molecule has 0 bridgehead atoms. The van der Waals surface area contributed by atoms with E-state index in [4.69, 9.17) is 34.8 Å². The summed E-state index contributed by atoms with van der Waals surface area (Å²) in [6, 6.07) is 5.05. The fraction of sp³-hybridized carbons (Fsp3) is 0.300. The van der Waals surface area contributed by atoms with Crippen molar-refractivity contribution < 1.29 is 4.79 Å². The van der Waals surface area contributed by atoms with E-state index in [9.17, 15) is 4.79 Å². The van der Waals surface area contributed by atoms with Crippen LogP contribution < -0.4 is 0 Å². The Labute approximate surface area is 98.0 Å². The van der Waals surface area contributed by atoms with Gasteiger partial charge in [0.05, 0.1) is 0 Å². The van der Waals surface area contributed by atoms with Crippen molar-refractivity contribution in [3.05, 3.63) is 33.8 Å². The zero-order valence-corrected chi connectivity index (χ0v) is 9.83. The van der Waals surface area contributed by atoms with Crippen LogP contribution in [0.4, 0.5) is 0 Å². The number of carbonyl (C=O) groups is 1. The van der Waals surface area contributed by atoms with Crippen LogP contribution in [-0.2, 0) is 4.79 Å². The molecule has 1 unspecified atom stereocenters. The van der Waals surface area contributed by atoms with Gasteiger partial charge in [0.2, 0.25) is 0 Å². The second-order valence-electron chi connectivity index (χ2n) is 2.82. The molecule has 1 aromatic rings. The maximum atomic E-state index is 11.4. The molecule has 0 saturated heterocycles. The number of ketones is 1. The number of rotatable bonds is 3. The van der Waals surface area contributed by atoms with Crippen molar-refractivity contribution >= 4 is 40.6 Å². The van der Waals surface area contributed by atoms with Crippen molar-refractivity contribution in [3.63, 3.8) is 0 Å². The van der Waals surface area contributed by atoms with Crippen molar-refractivity contribution in [1.82, 2.24) is 0 Å². The van der Waals surface area contributed by atoms with Gasteiger partial charge in [0.25, 0.3) is 0 Å². The Bertz CT molecular complexity index is 329. The third-order valence-electron chi connectivity index (χ3n) is 1.88. The van der Waals surface area contributed by atoms with Crippen LogP contribution in [0.5, 0.6) is 0 Å². The summed E-state index contributed by atoms with van der Waals surface area (Å²) in [6.07, 6.45) is 0.371. The zero-order chi connectivity index (χ0) is 10.7. The first kappa shape index (κ1) is 11.8. The van der Waals surface area contributed by atoms with E-state index in [1.807, 2.05) is 0 Å². The maximum Gasteiger partial charge on any atom is 0.154 e. The van der Waals surface area contributed by atoms with Crippen molar-refractivity contribution in [2.45, 2.75) is 18.7 Å². The third kappa shape index (κ3) is 2.41. The van der Waals surface area contributed by atoms with Crippen LogP contribution in [0.1, 0.15) is 24.3 Å². The van der Waals surface area contributed by atoms with E-state index in [2.05, 4.69) is 0 Å². The summed E-state index contributed by atoms with van der Waals surface area (Å²) in [5.41, 5.74) is 0.504. The van der Waals surface area contributed by atoms with E-state index in [1.54, 1.807) is 25.1 Å². The highest BCUT2D eigenvalue weighted by Gasteiger charge is 2.21. The van der Waals surface area contributed by atoms with Gasteiger partial charge >= 0.3 is 0 Å². The van der Waals surface area contributed by atoms with E-state index in [-0.39, 0.29) is 5.78 Å². The van der Waals surface area contributed by atoms with Crippen molar-refractivity contribution in [3.8, 4) is 0 Å². The van der Waals surface area contributed by atoms with E-state index in [0.29, 0.717) is 22.0 Å². The smallest absolute Gasteiger partial charge is 0.154 e. The van der Waals surface area contributed by atoms with Gasteiger partial charge in [0.15, 0.2) is 5.78 Å². The molecule has 0 spiro atoms. The van der Waals surface area contributed by atoms with E-state index in [0.717, 1.165) is 0 Å². The molecule has 0 radical (unpaired) electrons. The number of hydrogen-bond acceptors (Lipinski definition) is 1. The van der Waals surface area contributed by atoms with E-state index >= 15 is 0 Å². The van der Waals surface area contributed by atoms with Crippen LogP contribution >= 0.6 is 34.8 Å². The molecule has 0 amide bonds. The van der Waals surface area contributed by atoms with Gasteiger partial charge in [0.1, 0.15) is 5.38 Å². The Morgan fingerprint density at radius 1 is 1.36 bits per heavy atom. The fourth-order valence-corrected chi connectivity index (χ4v) is 2.21. The molecular formula is C10H9Cl3O. The van der Waals surface area contributed by atoms with Gasteiger partial charge in [-0.2, -0.15) is 0 Å². The molecule has 1 rings (SSSR count). The predicted molar refractivity (Wildman–Crippen MR) is 60.4 cm³/mol. The molecule has 0 aliphatic rings. The minimum atomic E-state index is -0.749. The minimum absolute atomic E-state index is 0.0818. The Hall–Kier alpha value is -0.240. The molecule has 0 saturated carbocycles. The lowest BCUT2D eigenvalue weighted by molar-refractivity contribution is -0.118. The molecule has 4 heteroatoms. The molecule has 76 valence electrons. The Morgan fingerprint density at radius 2 is 1.86 bits per heavy atom. The highest BCUT2D eigenvalue weighted by molar-refractivity contribution is 6.40. The first-order chi connectivity index (χ1) is 6.57. The number of halogens is 3. The summed E-state index contributed by atoms with van der Waals surface area (Å²) in [5, 5.41) is 0.111. The molecule has 0 aliphatic heterocycles. The molecule has 1 nitrogen and oxygen atoms in total. The molecular weight excluding hydrogens is 242 g/mol. The normalized spacial score (nSPS) is 12.6. The second kappa shape index (κ2) is 5.01. The molecule has 0 aliphatic carbocycles. The summed E-state index contributed by atoms with van der Waals surface area (Å²) in [4.78, 5) is 11.4. The topological polar surface area (TPSA) is 17.1 Å². The zero-order valence-electron chi connectivity index (χ0n) is 7.56. The second-order valence-corrected chi connectivity index (χ2v) is 4.07. The predicted octanol–water partition coefficient (Wildman–Crippen LogP) is 4.25. The number of Topliss-reactive ketones (excluding diaryl/α,β-unsaturated/α-hetero) is 1. The van der Waals surface area contributed by atoms with Crippen LogP contribution in [0.2, 0.25) is 10.0 Å². The third-order valence-corrected chi connectivity index (χ3v) is 3.01. The SMILES string of the molecule is CCC(=O)C(Cl)c1c(Cl)cccc1Cl. The van der Waals surface area contributed by atoms with E-state index in [1.165, 1.54) is 0 Å². The summed E-state index contributed by atoms with van der Waals surface area (Å²) in [5.74, 6) is -0.0818. The van der Waals surface area contributed by atoms with Gasteiger partial charge in [-0.1, -0.05) is 36.2 Å². The highest BCUT2D eigenvalue weighted by atomic mass is 35.5. The van der Waals surface area contributed by atoms with Gasteiger partial charge < -0.3 is 0 Å². The summed E-state index contributed by atoms with van der Waals surface area (Å²) in [6.45, 7) is 1.75. The van der Waals surface area contributed by atoms with Gasteiger partial charge in [-0.25, -0.2) is 0 Å². The van der Waals surface area contributed by atoms with Crippen LogP contribution in [-0.4, -0.2) is 5.78 Å². The van der Waals surface area contributed by atoms with Gasteiger partial charge in [-0.05, 0) is 12.1 Å². The molecule has 1 atom stereocenters. The first-order valence-electron chi connectivity index (χ1n) is 4.18. The molecule has 14 heavy (non-hydrogen) atoms. The average Bonchev–Trinajstić information content (AvgIpc) is 2.16. The summed E-state index contributed by atoms with van der Waals surface area (Å²) >= 11 is 17.8. The van der Waals surface area contributed by atoms with Gasteiger partial charge in [-0.15, -0.1) is 11.6 Å². The van der Waals surface area contributed by atoms with Gasteiger partial charge in [0, 0.05) is 22.0 Å².